The average Bonchev–Trinajstić information content (AvgIpc) is 2.60. The van der Waals surface area contributed by atoms with Gasteiger partial charge in [-0.2, -0.15) is 0 Å². The Morgan fingerprint density at radius 2 is 1.67 bits per heavy atom. The van der Waals surface area contributed by atoms with Gasteiger partial charge in [-0.25, -0.2) is 8.78 Å². The minimum Gasteiger partial charge on any atom is -0.328 e. The van der Waals surface area contributed by atoms with Gasteiger partial charge >= 0.3 is 0 Å². The molecule has 0 fully saturated rings. The molecule has 0 saturated heterocycles. The standard InChI is InChI=1S/C20H22F2N2O2S/c1-20(2,3)24(12-18(25)23-15-10-8-14(21)9-11-15)19(26)13-27-17-7-5-4-6-16(17)22/h4-11H,12-13H2,1-3H3,(H,23,25). The van der Waals surface area contributed by atoms with Crippen molar-refractivity contribution < 1.29 is 18.4 Å². The minimum atomic E-state index is -0.590. The zero-order chi connectivity index (χ0) is 20.0. The molecule has 0 saturated carbocycles. The molecule has 2 amide bonds. The van der Waals surface area contributed by atoms with Crippen molar-refractivity contribution in [2.45, 2.75) is 31.2 Å². The van der Waals surface area contributed by atoms with Gasteiger partial charge in [-0.05, 0) is 57.2 Å². The SMILES string of the molecule is CC(C)(C)N(CC(=O)Nc1ccc(F)cc1)C(=O)CSc1ccccc1F. The normalized spacial score (nSPS) is 11.1. The second-order valence-corrected chi connectivity index (χ2v) is 7.94. The number of hydrogen-bond donors (Lipinski definition) is 1. The lowest BCUT2D eigenvalue weighted by Crippen LogP contribution is -2.50. The summed E-state index contributed by atoms with van der Waals surface area (Å²) in [5, 5.41) is 2.64. The number of thioether (sulfide) groups is 1. The largest absolute Gasteiger partial charge is 0.328 e. The van der Waals surface area contributed by atoms with Crippen molar-refractivity contribution >= 4 is 29.3 Å². The highest BCUT2D eigenvalue weighted by molar-refractivity contribution is 8.00. The molecule has 0 aliphatic rings. The van der Waals surface area contributed by atoms with E-state index in [0.717, 1.165) is 11.8 Å². The van der Waals surface area contributed by atoms with Gasteiger partial charge in [0.15, 0.2) is 0 Å². The third kappa shape index (κ3) is 6.36. The summed E-state index contributed by atoms with van der Waals surface area (Å²) in [6, 6.07) is 11.6. The first kappa shape index (κ1) is 20.9. The van der Waals surface area contributed by atoms with Crippen molar-refractivity contribution in [3.63, 3.8) is 0 Å². The lowest BCUT2D eigenvalue weighted by atomic mass is 10.1. The molecule has 0 bridgehead atoms. The molecule has 2 rings (SSSR count). The first-order chi connectivity index (χ1) is 12.7. The summed E-state index contributed by atoms with van der Waals surface area (Å²) in [5.41, 5.74) is -0.143. The molecule has 0 unspecified atom stereocenters. The molecule has 144 valence electrons. The number of hydrogen-bond acceptors (Lipinski definition) is 3. The Morgan fingerprint density at radius 1 is 1.04 bits per heavy atom. The molecule has 0 aliphatic heterocycles. The lowest BCUT2D eigenvalue weighted by molar-refractivity contribution is -0.137. The average molecular weight is 392 g/mol. The van der Waals surface area contributed by atoms with Crippen molar-refractivity contribution in [3.8, 4) is 0 Å². The molecule has 0 atom stereocenters. The summed E-state index contributed by atoms with van der Waals surface area (Å²) < 4.78 is 26.7. The highest BCUT2D eigenvalue weighted by Crippen LogP contribution is 2.23. The van der Waals surface area contributed by atoms with Gasteiger partial charge < -0.3 is 10.2 Å². The lowest BCUT2D eigenvalue weighted by Gasteiger charge is -2.35. The molecule has 27 heavy (non-hydrogen) atoms. The van der Waals surface area contributed by atoms with E-state index >= 15 is 0 Å². The van der Waals surface area contributed by atoms with Gasteiger partial charge in [0.25, 0.3) is 0 Å². The van der Waals surface area contributed by atoms with Crippen LogP contribution in [-0.4, -0.2) is 34.6 Å². The fourth-order valence-electron chi connectivity index (χ4n) is 2.36. The zero-order valence-electron chi connectivity index (χ0n) is 15.5. The van der Waals surface area contributed by atoms with E-state index in [1.54, 1.807) is 18.2 Å². The van der Waals surface area contributed by atoms with Crippen LogP contribution in [0, 0.1) is 11.6 Å². The minimum absolute atomic E-state index is 0.0159. The number of carbonyl (C=O) groups excluding carboxylic acids is 2. The van der Waals surface area contributed by atoms with Crippen LogP contribution in [0.3, 0.4) is 0 Å². The maximum atomic E-state index is 13.7. The molecule has 0 spiro atoms. The van der Waals surface area contributed by atoms with Crippen LogP contribution in [-0.2, 0) is 9.59 Å². The molecule has 0 aliphatic carbocycles. The maximum Gasteiger partial charge on any atom is 0.244 e. The van der Waals surface area contributed by atoms with E-state index in [4.69, 9.17) is 0 Å². The Hall–Kier alpha value is -2.41. The summed E-state index contributed by atoms with van der Waals surface area (Å²) >= 11 is 1.09. The number of nitrogens with zero attached hydrogens (tertiary/aromatic N) is 1. The van der Waals surface area contributed by atoms with E-state index in [2.05, 4.69) is 5.32 Å². The van der Waals surface area contributed by atoms with Crippen LogP contribution in [0.25, 0.3) is 0 Å². The Labute approximate surface area is 161 Å². The van der Waals surface area contributed by atoms with Gasteiger partial charge in [-0.15, -0.1) is 11.8 Å². The topological polar surface area (TPSA) is 49.4 Å². The van der Waals surface area contributed by atoms with E-state index in [-0.39, 0.29) is 29.9 Å². The van der Waals surface area contributed by atoms with Gasteiger partial charge in [0.05, 0.1) is 5.75 Å². The molecule has 4 nitrogen and oxygen atoms in total. The van der Waals surface area contributed by atoms with Crippen molar-refractivity contribution in [1.29, 1.82) is 0 Å². The van der Waals surface area contributed by atoms with Crippen LogP contribution in [0.2, 0.25) is 0 Å². The van der Waals surface area contributed by atoms with E-state index in [0.29, 0.717) is 10.6 Å². The Kier molecular flexibility index (Phi) is 6.96. The van der Waals surface area contributed by atoms with Crippen LogP contribution < -0.4 is 5.32 Å². The second kappa shape index (κ2) is 8.99. The highest BCUT2D eigenvalue weighted by atomic mass is 32.2. The van der Waals surface area contributed by atoms with Crippen LogP contribution in [0.15, 0.2) is 53.4 Å². The van der Waals surface area contributed by atoms with Crippen LogP contribution in [0.1, 0.15) is 20.8 Å². The van der Waals surface area contributed by atoms with Gasteiger partial charge in [0.1, 0.15) is 18.2 Å². The fourth-order valence-corrected chi connectivity index (χ4v) is 3.17. The van der Waals surface area contributed by atoms with E-state index in [9.17, 15) is 18.4 Å². The number of halogens is 2. The van der Waals surface area contributed by atoms with E-state index in [1.807, 2.05) is 20.8 Å². The molecule has 1 N–H and O–H groups in total. The van der Waals surface area contributed by atoms with Crippen molar-refractivity contribution in [1.82, 2.24) is 4.90 Å². The van der Waals surface area contributed by atoms with Gasteiger partial charge in [0, 0.05) is 16.1 Å². The van der Waals surface area contributed by atoms with Crippen LogP contribution >= 0.6 is 11.8 Å². The Morgan fingerprint density at radius 3 is 2.26 bits per heavy atom. The second-order valence-electron chi connectivity index (χ2n) is 6.92. The molecular weight excluding hydrogens is 370 g/mol. The summed E-state index contributed by atoms with van der Waals surface area (Å²) in [6.45, 7) is 5.31. The monoisotopic (exact) mass is 392 g/mol. The summed E-state index contributed by atoms with van der Waals surface area (Å²) in [4.78, 5) is 26.8. The van der Waals surface area contributed by atoms with Crippen LogP contribution in [0.5, 0.6) is 0 Å². The predicted molar refractivity (Wildman–Crippen MR) is 104 cm³/mol. The number of carbonyl (C=O) groups is 2. The molecular formula is C20H22F2N2O2S. The molecule has 2 aromatic rings. The third-order valence-electron chi connectivity index (χ3n) is 3.73. The molecule has 2 aromatic carbocycles. The first-order valence-electron chi connectivity index (χ1n) is 8.40. The van der Waals surface area contributed by atoms with Crippen molar-refractivity contribution in [3.05, 3.63) is 60.2 Å². The summed E-state index contributed by atoms with van der Waals surface area (Å²) in [5.74, 6) is -1.43. The Bertz CT molecular complexity index is 804. The smallest absolute Gasteiger partial charge is 0.244 e. The highest BCUT2D eigenvalue weighted by Gasteiger charge is 2.28. The fraction of sp³-hybridized carbons (Fsp3) is 0.300. The number of amides is 2. The van der Waals surface area contributed by atoms with E-state index in [1.165, 1.54) is 35.2 Å². The summed E-state index contributed by atoms with van der Waals surface area (Å²) in [7, 11) is 0. The van der Waals surface area contributed by atoms with Crippen molar-refractivity contribution in [2.24, 2.45) is 0 Å². The summed E-state index contributed by atoms with van der Waals surface area (Å²) in [6.07, 6.45) is 0. The third-order valence-corrected chi connectivity index (χ3v) is 4.76. The quantitative estimate of drug-likeness (QED) is 0.745. The van der Waals surface area contributed by atoms with Gasteiger partial charge in [0.2, 0.25) is 11.8 Å². The van der Waals surface area contributed by atoms with E-state index < -0.39 is 11.4 Å². The van der Waals surface area contributed by atoms with Gasteiger partial charge in [-0.3, -0.25) is 9.59 Å². The maximum absolute atomic E-state index is 13.7. The van der Waals surface area contributed by atoms with Crippen LogP contribution in [0.4, 0.5) is 14.5 Å². The number of benzene rings is 2. The predicted octanol–water partition coefficient (Wildman–Crippen LogP) is 4.32. The first-order valence-corrected chi connectivity index (χ1v) is 9.38. The Balaban J connectivity index is 2.01. The molecule has 0 radical (unpaired) electrons. The molecule has 0 aromatic heterocycles. The zero-order valence-corrected chi connectivity index (χ0v) is 16.3. The number of anilines is 1. The molecule has 7 heteroatoms. The van der Waals surface area contributed by atoms with Crippen molar-refractivity contribution in [2.75, 3.05) is 17.6 Å². The van der Waals surface area contributed by atoms with Gasteiger partial charge in [-0.1, -0.05) is 12.1 Å². The number of nitrogens with one attached hydrogen (secondary N) is 1. The molecule has 0 heterocycles. The number of rotatable bonds is 6.